The zero-order valence-electron chi connectivity index (χ0n) is 25.1. The van der Waals surface area contributed by atoms with E-state index in [1.807, 2.05) is 115 Å². The van der Waals surface area contributed by atoms with Crippen LogP contribution in [-0.2, 0) is 0 Å². The molecule has 9 rings (SSSR count). The Balaban J connectivity index is 1.26. The van der Waals surface area contributed by atoms with Gasteiger partial charge in [-0.25, -0.2) is 19.9 Å². The van der Waals surface area contributed by atoms with E-state index in [0.717, 1.165) is 72.0 Å². The molecule has 0 aliphatic rings. The molecule has 6 heteroatoms. The average Bonchev–Trinajstić information content (AvgIpc) is 3.54. The summed E-state index contributed by atoms with van der Waals surface area (Å²) in [5, 5.41) is 2.99. The third kappa shape index (κ3) is 4.80. The summed E-state index contributed by atoms with van der Waals surface area (Å²) in [6.45, 7) is 0. The smallest absolute Gasteiger partial charge is 0.164 e. The van der Waals surface area contributed by atoms with Gasteiger partial charge in [-0.05, 0) is 35.9 Å². The zero-order chi connectivity index (χ0) is 31.2. The first-order chi connectivity index (χ1) is 23.3. The molecular weight excluding hydrogens is 578 g/mol. The first-order valence-corrected chi connectivity index (χ1v) is 15.4. The Kier molecular flexibility index (Phi) is 6.35. The van der Waals surface area contributed by atoms with E-state index in [0.29, 0.717) is 17.5 Å². The average molecular weight is 604 g/mol. The summed E-state index contributed by atoms with van der Waals surface area (Å²) in [4.78, 5) is 24.9. The largest absolute Gasteiger partial charge is 0.456 e. The molecule has 0 aliphatic heterocycles. The SMILES string of the molecule is c1ccc(-c2nc(-c3ccccc3)nc(-c3cccc(-c4cc5ccccc5nc4-c4nccc5oc6ccccc6c45)c3)n2)cc1. The highest BCUT2D eigenvalue weighted by molar-refractivity contribution is 6.12. The molecule has 4 heterocycles. The van der Waals surface area contributed by atoms with Gasteiger partial charge < -0.3 is 4.42 Å². The quantitative estimate of drug-likeness (QED) is 0.195. The molecule has 0 bridgehead atoms. The Morgan fingerprint density at radius 1 is 0.426 bits per heavy atom. The molecule has 0 N–H and O–H groups in total. The van der Waals surface area contributed by atoms with E-state index >= 15 is 0 Å². The van der Waals surface area contributed by atoms with Crippen molar-refractivity contribution < 1.29 is 4.42 Å². The molecule has 0 saturated carbocycles. The monoisotopic (exact) mass is 603 g/mol. The van der Waals surface area contributed by atoms with E-state index < -0.39 is 0 Å². The van der Waals surface area contributed by atoms with Crippen molar-refractivity contribution in [3.8, 4) is 56.7 Å². The van der Waals surface area contributed by atoms with Gasteiger partial charge in [-0.2, -0.15) is 0 Å². The predicted molar refractivity (Wildman–Crippen MR) is 187 cm³/mol. The fourth-order valence-corrected chi connectivity index (χ4v) is 6.13. The van der Waals surface area contributed by atoms with E-state index in [4.69, 9.17) is 29.3 Å². The highest BCUT2D eigenvalue weighted by Crippen LogP contribution is 2.40. The van der Waals surface area contributed by atoms with Crippen LogP contribution in [0, 0.1) is 0 Å². The molecule has 9 aromatic rings. The number of para-hydroxylation sites is 2. The maximum Gasteiger partial charge on any atom is 0.164 e. The number of furan rings is 1. The minimum absolute atomic E-state index is 0.593. The summed E-state index contributed by atoms with van der Waals surface area (Å²) >= 11 is 0. The number of aromatic nitrogens is 5. The van der Waals surface area contributed by atoms with E-state index in [1.54, 1.807) is 6.20 Å². The van der Waals surface area contributed by atoms with Crippen LogP contribution in [0.5, 0.6) is 0 Å². The van der Waals surface area contributed by atoms with Gasteiger partial charge in [0.15, 0.2) is 17.5 Å². The number of pyridine rings is 2. The molecule has 5 aromatic carbocycles. The minimum Gasteiger partial charge on any atom is -0.456 e. The van der Waals surface area contributed by atoms with E-state index in [9.17, 15) is 0 Å². The lowest BCUT2D eigenvalue weighted by Crippen LogP contribution is -2.00. The summed E-state index contributed by atoms with van der Waals surface area (Å²) in [5.41, 5.74) is 8.71. The van der Waals surface area contributed by atoms with Crippen LogP contribution in [0.3, 0.4) is 0 Å². The van der Waals surface area contributed by atoms with Crippen molar-refractivity contribution in [1.29, 1.82) is 0 Å². The van der Waals surface area contributed by atoms with Gasteiger partial charge in [0, 0.05) is 39.2 Å². The molecule has 0 atom stereocenters. The van der Waals surface area contributed by atoms with Gasteiger partial charge >= 0.3 is 0 Å². The molecule has 47 heavy (non-hydrogen) atoms. The van der Waals surface area contributed by atoms with Crippen molar-refractivity contribution >= 4 is 32.8 Å². The van der Waals surface area contributed by atoms with Gasteiger partial charge in [0.1, 0.15) is 16.9 Å². The standard InChI is InChI=1S/C41H25N5O/c1-3-12-26(13-4-1)39-44-40(27-14-5-2-6-15-27)46-41(45-39)30-18-11-17-28(24-30)32-25-29-16-7-9-20-33(29)43-37(32)38-36-31-19-8-10-21-34(31)47-35(36)22-23-42-38/h1-25H. The number of hydrogen-bond donors (Lipinski definition) is 0. The third-order valence-corrected chi connectivity index (χ3v) is 8.37. The third-order valence-electron chi connectivity index (χ3n) is 8.37. The molecule has 0 saturated heterocycles. The molecule has 0 spiro atoms. The first-order valence-electron chi connectivity index (χ1n) is 15.4. The fourth-order valence-electron chi connectivity index (χ4n) is 6.13. The Morgan fingerprint density at radius 3 is 1.81 bits per heavy atom. The van der Waals surface area contributed by atoms with Crippen LogP contribution < -0.4 is 0 Å². The zero-order valence-corrected chi connectivity index (χ0v) is 25.1. The maximum absolute atomic E-state index is 6.23. The summed E-state index contributed by atoms with van der Waals surface area (Å²) in [6, 6.07) is 48.7. The van der Waals surface area contributed by atoms with Crippen molar-refractivity contribution in [2.75, 3.05) is 0 Å². The second-order valence-corrected chi connectivity index (χ2v) is 11.3. The van der Waals surface area contributed by atoms with Crippen LogP contribution in [0.25, 0.3) is 89.5 Å². The van der Waals surface area contributed by atoms with Crippen LogP contribution in [-0.4, -0.2) is 24.9 Å². The number of nitrogens with zero attached hydrogens (tertiary/aromatic N) is 5. The van der Waals surface area contributed by atoms with Crippen LogP contribution >= 0.6 is 0 Å². The lowest BCUT2D eigenvalue weighted by molar-refractivity contribution is 0.668. The second-order valence-electron chi connectivity index (χ2n) is 11.3. The van der Waals surface area contributed by atoms with Crippen molar-refractivity contribution in [3.05, 3.63) is 152 Å². The van der Waals surface area contributed by atoms with E-state index in [-0.39, 0.29) is 0 Å². The van der Waals surface area contributed by atoms with Crippen molar-refractivity contribution in [2.24, 2.45) is 0 Å². The molecule has 0 aliphatic carbocycles. The first kappa shape index (κ1) is 26.8. The van der Waals surface area contributed by atoms with Crippen LogP contribution in [0.1, 0.15) is 0 Å². The van der Waals surface area contributed by atoms with Crippen molar-refractivity contribution in [3.63, 3.8) is 0 Å². The van der Waals surface area contributed by atoms with E-state index in [1.165, 1.54) is 0 Å². The number of fused-ring (bicyclic) bond motifs is 4. The number of benzene rings is 5. The fraction of sp³-hybridized carbons (Fsp3) is 0. The number of hydrogen-bond acceptors (Lipinski definition) is 6. The summed E-state index contributed by atoms with van der Waals surface area (Å²) in [5.74, 6) is 1.84. The lowest BCUT2D eigenvalue weighted by atomic mass is 9.96. The van der Waals surface area contributed by atoms with Crippen LogP contribution in [0.15, 0.2) is 156 Å². The van der Waals surface area contributed by atoms with Gasteiger partial charge in [0.25, 0.3) is 0 Å². The molecule has 4 aromatic heterocycles. The molecule has 6 nitrogen and oxygen atoms in total. The topological polar surface area (TPSA) is 77.6 Å². The summed E-state index contributed by atoms with van der Waals surface area (Å²) < 4.78 is 6.23. The second kappa shape index (κ2) is 11.1. The molecule has 0 amide bonds. The van der Waals surface area contributed by atoms with Crippen LogP contribution in [0.2, 0.25) is 0 Å². The molecule has 220 valence electrons. The van der Waals surface area contributed by atoms with E-state index in [2.05, 4.69) is 30.3 Å². The molecule has 0 fully saturated rings. The van der Waals surface area contributed by atoms with Gasteiger partial charge in [-0.15, -0.1) is 0 Å². The predicted octanol–water partition coefficient (Wildman–Crippen LogP) is 10.0. The summed E-state index contributed by atoms with van der Waals surface area (Å²) in [6.07, 6.45) is 1.79. The highest BCUT2D eigenvalue weighted by atomic mass is 16.3. The van der Waals surface area contributed by atoms with Gasteiger partial charge in [-0.1, -0.05) is 115 Å². The normalized spacial score (nSPS) is 11.4. The Hall–Kier alpha value is -6.53. The Morgan fingerprint density at radius 2 is 1.04 bits per heavy atom. The molecular formula is C41H25N5O. The highest BCUT2D eigenvalue weighted by Gasteiger charge is 2.20. The Labute approximate surface area is 270 Å². The lowest BCUT2D eigenvalue weighted by Gasteiger charge is -2.13. The van der Waals surface area contributed by atoms with Gasteiger partial charge in [-0.3, -0.25) is 4.98 Å². The maximum atomic E-state index is 6.23. The van der Waals surface area contributed by atoms with Crippen LogP contribution in [0.4, 0.5) is 0 Å². The van der Waals surface area contributed by atoms with Gasteiger partial charge in [0.2, 0.25) is 0 Å². The minimum atomic E-state index is 0.593. The van der Waals surface area contributed by atoms with Gasteiger partial charge in [0.05, 0.1) is 16.6 Å². The molecule has 0 radical (unpaired) electrons. The van der Waals surface area contributed by atoms with Crippen molar-refractivity contribution in [2.45, 2.75) is 0 Å². The summed E-state index contributed by atoms with van der Waals surface area (Å²) in [7, 11) is 0. The van der Waals surface area contributed by atoms with Crippen molar-refractivity contribution in [1.82, 2.24) is 24.9 Å². The molecule has 0 unspecified atom stereocenters. The number of rotatable bonds is 5. The Bertz CT molecular complexity index is 2520.